The predicted octanol–water partition coefficient (Wildman–Crippen LogP) is 3.26. The molecule has 0 spiro atoms. The number of nitrogens with zero attached hydrogens (tertiary/aromatic N) is 1. The fourth-order valence-corrected chi connectivity index (χ4v) is 2.71. The largest absolute Gasteiger partial charge is 0.395 e. The van der Waals surface area contributed by atoms with Gasteiger partial charge in [-0.2, -0.15) is 0 Å². The van der Waals surface area contributed by atoms with Crippen LogP contribution in [0.5, 0.6) is 0 Å². The number of hydrogen-bond donors (Lipinski definition) is 1. The maximum absolute atomic E-state index is 13.2. The minimum Gasteiger partial charge on any atom is -0.395 e. The lowest BCUT2D eigenvalue weighted by atomic mass is 10.3. The number of rotatable bonds is 4. The van der Waals surface area contributed by atoms with E-state index in [0.29, 0.717) is 6.42 Å². The highest BCUT2D eigenvalue weighted by Gasteiger charge is 2.05. The highest BCUT2D eigenvalue weighted by atomic mass is 32.1. The van der Waals surface area contributed by atoms with Crippen LogP contribution in [0.4, 0.5) is 10.1 Å². The minimum atomic E-state index is -0.226. The maximum atomic E-state index is 13.2. The Labute approximate surface area is 122 Å². The van der Waals surface area contributed by atoms with Crippen molar-refractivity contribution in [1.82, 2.24) is 0 Å². The van der Waals surface area contributed by atoms with Crippen molar-refractivity contribution in [2.45, 2.75) is 13.0 Å². The second kappa shape index (κ2) is 7.09. The van der Waals surface area contributed by atoms with Crippen molar-refractivity contribution < 1.29 is 9.50 Å². The van der Waals surface area contributed by atoms with Crippen molar-refractivity contribution in [2.24, 2.45) is 0 Å². The SMILES string of the molecule is CN(Cc1ccc(C#CCCO)s1)c1cccc(F)c1. The summed E-state index contributed by atoms with van der Waals surface area (Å²) in [6.07, 6.45) is 0.496. The monoisotopic (exact) mass is 289 g/mol. The lowest BCUT2D eigenvalue weighted by molar-refractivity contribution is 0.305. The van der Waals surface area contributed by atoms with Crippen LogP contribution in [0.3, 0.4) is 0 Å². The maximum Gasteiger partial charge on any atom is 0.125 e. The zero-order chi connectivity index (χ0) is 14.4. The molecule has 0 radical (unpaired) electrons. The molecule has 2 rings (SSSR count). The van der Waals surface area contributed by atoms with Gasteiger partial charge >= 0.3 is 0 Å². The Hall–Kier alpha value is -1.83. The molecule has 0 aliphatic carbocycles. The molecule has 0 saturated carbocycles. The van der Waals surface area contributed by atoms with Crippen molar-refractivity contribution in [1.29, 1.82) is 0 Å². The van der Waals surface area contributed by atoms with E-state index >= 15 is 0 Å². The summed E-state index contributed by atoms with van der Waals surface area (Å²) < 4.78 is 13.2. The number of aliphatic hydroxyl groups excluding tert-OH is 1. The summed E-state index contributed by atoms with van der Waals surface area (Å²) in [7, 11) is 1.94. The molecule has 1 aromatic carbocycles. The van der Waals surface area contributed by atoms with Gasteiger partial charge in [-0.3, -0.25) is 0 Å². The number of halogens is 1. The molecular formula is C16H16FNOS. The molecule has 2 nitrogen and oxygen atoms in total. The van der Waals surface area contributed by atoms with Crippen molar-refractivity contribution in [3.63, 3.8) is 0 Å². The topological polar surface area (TPSA) is 23.5 Å². The van der Waals surface area contributed by atoms with Crippen molar-refractivity contribution in [3.8, 4) is 11.8 Å². The summed E-state index contributed by atoms with van der Waals surface area (Å²) in [5.74, 6) is 5.70. The summed E-state index contributed by atoms with van der Waals surface area (Å²) in [6.45, 7) is 0.809. The van der Waals surface area contributed by atoms with Crippen molar-refractivity contribution >= 4 is 17.0 Å². The zero-order valence-corrected chi connectivity index (χ0v) is 12.1. The Kier molecular flexibility index (Phi) is 5.16. The van der Waals surface area contributed by atoms with Crippen LogP contribution in [-0.4, -0.2) is 18.8 Å². The summed E-state index contributed by atoms with van der Waals surface area (Å²) in [4.78, 5) is 4.16. The van der Waals surface area contributed by atoms with E-state index < -0.39 is 0 Å². The van der Waals surface area contributed by atoms with Crippen LogP contribution in [0.2, 0.25) is 0 Å². The van der Waals surface area contributed by atoms with Crippen LogP contribution < -0.4 is 4.90 Å². The molecule has 1 N–H and O–H groups in total. The summed E-state index contributed by atoms with van der Waals surface area (Å²) in [5.41, 5.74) is 0.853. The lowest BCUT2D eigenvalue weighted by Crippen LogP contribution is -2.15. The molecule has 0 unspecified atom stereocenters. The van der Waals surface area contributed by atoms with Gasteiger partial charge in [-0.05, 0) is 30.3 Å². The van der Waals surface area contributed by atoms with Gasteiger partial charge in [0, 0.05) is 24.0 Å². The predicted molar refractivity (Wildman–Crippen MR) is 81.4 cm³/mol. The summed E-state index contributed by atoms with van der Waals surface area (Å²) >= 11 is 1.62. The smallest absolute Gasteiger partial charge is 0.125 e. The molecule has 0 fully saturated rings. The fourth-order valence-electron chi connectivity index (χ4n) is 1.77. The van der Waals surface area contributed by atoms with Crippen LogP contribution in [0.15, 0.2) is 36.4 Å². The number of hydrogen-bond acceptors (Lipinski definition) is 3. The molecule has 0 amide bonds. The summed E-state index contributed by atoms with van der Waals surface area (Å²) in [6, 6.07) is 10.6. The normalized spacial score (nSPS) is 9.95. The number of aliphatic hydroxyl groups is 1. The van der Waals surface area contributed by atoms with E-state index in [0.717, 1.165) is 17.1 Å². The molecule has 4 heteroatoms. The van der Waals surface area contributed by atoms with E-state index in [2.05, 4.69) is 11.8 Å². The van der Waals surface area contributed by atoms with Gasteiger partial charge in [0.2, 0.25) is 0 Å². The first-order valence-electron chi connectivity index (χ1n) is 6.34. The van der Waals surface area contributed by atoms with Crippen molar-refractivity contribution in [3.05, 3.63) is 52.0 Å². The first-order valence-corrected chi connectivity index (χ1v) is 7.16. The standard InChI is InChI=1S/C16H16FNOS/c1-18(14-6-4-5-13(17)11-14)12-16-9-8-15(20-16)7-2-3-10-19/h4-6,8-9,11,19H,3,10,12H2,1H3. The molecule has 20 heavy (non-hydrogen) atoms. The Bertz CT molecular complexity index is 627. The molecule has 1 heterocycles. The van der Waals surface area contributed by atoms with Gasteiger partial charge in [-0.25, -0.2) is 4.39 Å². The van der Waals surface area contributed by atoms with E-state index in [4.69, 9.17) is 5.11 Å². The Morgan fingerprint density at radius 3 is 2.90 bits per heavy atom. The van der Waals surface area contributed by atoms with Crippen LogP contribution in [0.1, 0.15) is 16.2 Å². The molecule has 0 aliphatic rings. The zero-order valence-electron chi connectivity index (χ0n) is 11.3. The molecule has 0 bridgehead atoms. The van der Waals surface area contributed by atoms with Crippen molar-refractivity contribution in [2.75, 3.05) is 18.6 Å². The van der Waals surface area contributed by atoms with Gasteiger partial charge in [0.25, 0.3) is 0 Å². The third-order valence-electron chi connectivity index (χ3n) is 2.75. The molecule has 104 valence electrons. The summed E-state index contributed by atoms with van der Waals surface area (Å²) in [5, 5.41) is 8.68. The van der Waals surface area contributed by atoms with Gasteiger partial charge in [0.1, 0.15) is 5.82 Å². The Morgan fingerprint density at radius 2 is 2.15 bits per heavy atom. The van der Waals surface area contributed by atoms with E-state index in [1.165, 1.54) is 17.0 Å². The molecule has 0 atom stereocenters. The number of benzene rings is 1. The molecule has 1 aromatic heterocycles. The number of anilines is 1. The minimum absolute atomic E-state index is 0.0908. The third kappa shape index (κ3) is 4.09. The molecular weight excluding hydrogens is 273 g/mol. The van der Waals surface area contributed by atoms with Crippen LogP contribution >= 0.6 is 11.3 Å². The van der Waals surface area contributed by atoms with Crippen LogP contribution in [-0.2, 0) is 6.54 Å². The van der Waals surface area contributed by atoms with E-state index in [1.54, 1.807) is 17.4 Å². The van der Waals surface area contributed by atoms with Crippen LogP contribution in [0, 0.1) is 17.7 Å². The van der Waals surface area contributed by atoms with Gasteiger partial charge in [-0.1, -0.05) is 17.9 Å². The fraction of sp³-hybridized carbons (Fsp3) is 0.250. The first-order chi connectivity index (χ1) is 9.69. The van der Waals surface area contributed by atoms with E-state index in [1.807, 2.05) is 30.1 Å². The van der Waals surface area contributed by atoms with Crippen LogP contribution in [0.25, 0.3) is 0 Å². The first kappa shape index (κ1) is 14.6. The Balaban J connectivity index is 2.02. The second-order valence-electron chi connectivity index (χ2n) is 4.38. The Morgan fingerprint density at radius 1 is 1.30 bits per heavy atom. The second-order valence-corrected chi connectivity index (χ2v) is 5.55. The average molecular weight is 289 g/mol. The molecule has 0 saturated heterocycles. The highest BCUT2D eigenvalue weighted by Crippen LogP contribution is 2.21. The van der Waals surface area contributed by atoms with Gasteiger partial charge in [0.05, 0.1) is 18.0 Å². The van der Waals surface area contributed by atoms with Gasteiger partial charge in [-0.15, -0.1) is 11.3 Å². The van der Waals surface area contributed by atoms with E-state index in [-0.39, 0.29) is 12.4 Å². The molecule has 0 aliphatic heterocycles. The van der Waals surface area contributed by atoms with E-state index in [9.17, 15) is 4.39 Å². The lowest BCUT2D eigenvalue weighted by Gasteiger charge is -2.18. The number of thiophene rings is 1. The van der Waals surface area contributed by atoms with Gasteiger partial charge < -0.3 is 10.0 Å². The molecule has 2 aromatic rings. The third-order valence-corrected chi connectivity index (χ3v) is 3.74. The average Bonchev–Trinajstić information content (AvgIpc) is 2.86. The highest BCUT2D eigenvalue weighted by molar-refractivity contribution is 7.12. The quantitative estimate of drug-likeness (QED) is 0.873. The van der Waals surface area contributed by atoms with Gasteiger partial charge in [0.15, 0.2) is 0 Å².